The van der Waals surface area contributed by atoms with Crippen molar-refractivity contribution in [2.75, 3.05) is 38.5 Å². The number of carbonyl (C=O) groups is 1. The number of aliphatic hydroxyl groups is 1. The molecule has 3 rings (SSSR count). The van der Waals surface area contributed by atoms with E-state index in [0.29, 0.717) is 24.4 Å². The summed E-state index contributed by atoms with van der Waals surface area (Å²) >= 11 is 0. The Labute approximate surface area is 200 Å². The molecule has 0 aliphatic carbocycles. The van der Waals surface area contributed by atoms with Gasteiger partial charge in [-0.3, -0.25) is 9.52 Å². The average molecular weight is 494 g/mol. The summed E-state index contributed by atoms with van der Waals surface area (Å²) in [6.45, 7) is 4.68. The van der Waals surface area contributed by atoms with Gasteiger partial charge in [0.15, 0.2) is 0 Å². The largest absolute Gasteiger partial charge is 0.488 e. The predicted octanol–water partition coefficient (Wildman–Crippen LogP) is 2.34. The molecular weight excluding hydrogens is 461 g/mol. The fourth-order valence-corrected chi connectivity index (χ4v) is 4.95. The molecule has 1 heterocycles. The van der Waals surface area contributed by atoms with Crippen LogP contribution in [0.4, 0.5) is 10.1 Å². The van der Waals surface area contributed by atoms with E-state index in [0.717, 1.165) is 12.1 Å². The van der Waals surface area contributed by atoms with Crippen molar-refractivity contribution >= 4 is 21.6 Å². The highest BCUT2D eigenvalue weighted by Gasteiger charge is 2.31. The van der Waals surface area contributed by atoms with Gasteiger partial charge in [-0.05, 0) is 63.5 Å². The second kappa shape index (κ2) is 10.7. The van der Waals surface area contributed by atoms with Gasteiger partial charge in [0.1, 0.15) is 17.7 Å². The number of sulfonamides is 1. The molecule has 2 aromatic rings. The number of ether oxygens (including phenoxy) is 1. The standard InChI is InChI=1S/C24H32FN3O5S/c1-16-13-28(17(2)15-29)24(30)12-18-11-20(7-10-22(18)33-23(16)14-27(3)4)26-34(31,32)21-8-5-19(25)6-9-21/h5-11,16-17,23,26,29H,12-15H2,1-4H3/t16-,17+,23-/m0/s1. The Hall–Kier alpha value is -2.69. The summed E-state index contributed by atoms with van der Waals surface area (Å²) in [5, 5.41) is 9.69. The first-order chi connectivity index (χ1) is 16.0. The highest BCUT2D eigenvalue weighted by atomic mass is 32.2. The topological polar surface area (TPSA) is 99.2 Å². The summed E-state index contributed by atoms with van der Waals surface area (Å²) < 4.78 is 47.5. The van der Waals surface area contributed by atoms with Crippen LogP contribution < -0.4 is 9.46 Å². The SMILES string of the molecule is C[C@H](CO)N1C[C@H](C)[C@H](CN(C)C)Oc2ccc(NS(=O)(=O)c3ccc(F)cc3)cc2CC1=O. The molecule has 0 spiro atoms. The van der Waals surface area contributed by atoms with Crippen molar-refractivity contribution in [1.82, 2.24) is 9.80 Å². The number of benzene rings is 2. The average Bonchev–Trinajstić information content (AvgIpc) is 2.81. The molecule has 0 saturated heterocycles. The lowest BCUT2D eigenvalue weighted by Gasteiger charge is -2.33. The number of fused-ring (bicyclic) bond motifs is 1. The smallest absolute Gasteiger partial charge is 0.261 e. The normalized spacial score (nSPS) is 20.1. The van der Waals surface area contributed by atoms with Gasteiger partial charge in [0, 0.05) is 30.3 Å². The van der Waals surface area contributed by atoms with Crippen LogP contribution in [0.15, 0.2) is 47.4 Å². The second-order valence-electron chi connectivity index (χ2n) is 9.03. The first kappa shape index (κ1) is 25.9. The highest BCUT2D eigenvalue weighted by molar-refractivity contribution is 7.92. The molecule has 0 unspecified atom stereocenters. The zero-order valence-corrected chi connectivity index (χ0v) is 20.7. The number of rotatable bonds is 7. The van der Waals surface area contributed by atoms with E-state index in [1.807, 2.05) is 25.9 Å². The first-order valence-electron chi connectivity index (χ1n) is 11.1. The van der Waals surface area contributed by atoms with E-state index in [9.17, 15) is 22.7 Å². The fraction of sp³-hybridized carbons (Fsp3) is 0.458. The monoisotopic (exact) mass is 493 g/mol. The van der Waals surface area contributed by atoms with Crippen molar-refractivity contribution in [2.45, 2.75) is 37.3 Å². The minimum absolute atomic E-state index is 0.00675. The number of anilines is 1. The Morgan fingerprint density at radius 3 is 2.53 bits per heavy atom. The number of nitrogens with zero attached hydrogens (tertiary/aromatic N) is 2. The maximum atomic E-state index is 13.2. The molecule has 2 aromatic carbocycles. The Balaban J connectivity index is 1.97. The predicted molar refractivity (Wildman–Crippen MR) is 128 cm³/mol. The minimum atomic E-state index is -3.95. The summed E-state index contributed by atoms with van der Waals surface area (Å²) in [4.78, 5) is 16.8. The molecule has 34 heavy (non-hydrogen) atoms. The Morgan fingerprint density at radius 2 is 1.91 bits per heavy atom. The maximum Gasteiger partial charge on any atom is 0.261 e. The van der Waals surface area contributed by atoms with Crippen molar-refractivity contribution in [1.29, 1.82) is 0 Å². The van der Waals surface area contributed by atoms with Gasteiger partial charge in [-0.2, -0.15) is 0 Å². The summed E-state index contributed by atoms with van der Waals surface area (Å²) in [5.41, 5.74) is 0.801. The number of halogens is 1. The molecule has 3 atom stereocenters. The molecule has 186 valence electrons. The molecule has 0 aromatic heterocycles. The Bertz CT molecular complexity index is 1110. The van der Waals surface area contributed by atoms with Crippen LogP contribution in [0.25, 0.3) is 0 Å². The summed E-state index contributed by atoms with van der Waals surface area (Å²) in [6.07, 6.45) is -0.234. The number of hydrogen-bond donors (Lipinski definition) is 2. The number of hydrogen-bond acceptors (Lipinski definition) is 6. The lowest BCUT2D eigenvalue weighted by molar-refractivity contribution is -0.134. The maximum absolute atomic E-state index is 13.2. The molecule has 1 aliphatic rings. The zero-order valence-electron chi connectivity index (χ0n) is 19.9. The lowest BCUT2D eigenvalue weighted by Crippen LogP contribution is -2.47. The van der Waals surface area contributed by atoms with Gasteiger partial charge in [0.2, 0.25) is 5.91 Å². The van der Waals surface area contributed by atoms with Crippen LogP contribution in [0.5, 0.6) is 5.75 Å². The van der Waals surface area contributed by atoms with Gasteiger partial charge in [-0.1, -0.05) is 6.92 Å². The quantitative estimate of drug-likeness (QED) is 0.614. The van der Waals surface area contributed by atoms with Crippen LogP contribution in [0.2, 0.25) is 0 Å². The van der Waals surface area contributed by atoms with Crippen molar-refractivity contribution in [3.05, 3.63) is 53.8 Å². The second-order valence-corrected chi connectivity index (χ2v) is 10.7. The first-order valence-corrected chi connectivity index (χ1v) is 12.6. The van der Waals surface area contributed by atoms with Crippen molar-refractivity contribution in [3.8, 4) is 5.75 Å². The summed E-state index contributed by atoms with van der Waals surface area (Å²) in [5.74, 6) is -0.213. The molecule has 0 radical (unpaired) electrons. The van der Waals surface area contributed by atoms with Gasteiger partial charge < -0.3 is 19.6 Å². The van der Waals surface area contributed by atoms with E-state index in [1.165, 1.54) is 12.1 Å². The van der Waals surface area contributed by atoms with E-state index in [-0.39, 0.29) is 47.6 Å². The molecule has 2 N–H and O–H groups in total. The van der Waals surface area contributed by atoms with Crippen LogP contribution in [-0.4, -0.2) is 75.2 Å². The molecule has 1 aliphatic heterocycles. The van der Waals surface area contributed by atoms with Crippen LogP contribution in [-0.2, 0) is 21.2 Å². The van der Waals surface area contributed by atoms with Crippen LogP contribution >= 0.6 is 0 Å². The molecule has 0 saturated carbocycles. The molecule has 1 amide bonds. The van der Waals surface area contributed by atoms with Gasteiger partial charge in [-0.25, -0.2) is 12.8 Å². The van der Waals surface area contributed by atoms with Crippen molar-refractivity contribution in [3.63, 3.8) is 0 Å². The highest BCUT2D eigenvalue weighted by Crippen LogP contribution is 2.30. The number of aliphatic hydroxyl groups excluding tert-OH is 1. The summed E-state index contributed by atoms with van der Waals surface area (Å²) in [7, 11) is -0.0684. The molecule has 0 bridgehead atoms. The molecule has 0 fully saturated rings. The van der Waals surface area contributed by atoms with Crippen molar-refractivity contribution < 1.29 is 27.4 Å². The van der Waals surface area contributed by atoms with Gasteiger partial charge in [0.05, 0.1) is 24.0 Å². The molecule has 8 nitrogen and oxygen atoms in total. The van der Waals surface area contributed by atoms with Crippen molar-refractivity contribution in [2.24, 2.45) is 5.92 Å². The number of carbonyl (C=O) groups excluding carboxylic acids is 1. The molecule has 10 heteroatoms. The van der Waals surface area contributed by atoms with E-state index >= 15 is 0 Å². The van der Waals surface area contributed by atoms with E-state index in [4.69, 9.17) is 4.74 Å². The third-order valence-corrected chi connectivity index (χ3v) is 7.23. The number of amides is 1. The van der Waals surface area contributed by atoms with Crippen LogP contribution in [0, 0.1) is 11.7 Å². The van der Waals surface area contributed by atoms with E-state index in [1.54, 1.807) is 30.0 Å². The summed E-state index contributed by atoms with van der Waals surface area (Å²) in [6, 6.07) is 8.98. The lowest BCUT2D eigenvalue weighted by atomic mass is 10.0. The van der Waals surface area contributed by atoms with Crippen LogP contribution in [0.3, 0.4) is 0 Å². The fourth-order valence-electron chi connectivity index (χ4n) is 3.90. The third-order valence-electron chi connectivity index (χ3n) is 5.84. The zero-order chi connectivity index (χ0) is 25.0. The van der Waals surface area contributed by atoms with Gasteiger partial charge in [0.25, 0.3) is 10.0 Å². The van der Waals surface area contributed by atoms with E-state index < -0.39 is 15.8 Å². The van der Waals surface area contributed by atoms with Gasteiger partial charge in [-0.15, -0.1) is 0 Å². The molecular formula is C24H32FN3O5S. The third kappa shape index (κ3) is 6.25. The van der Waals surface area contributed by atoms with Gasteiger partial charge >= 0.3 is 0 Å². The Morgan fingerprint density at radius 1 is 1.24 bits per heavy atom. The number of likely N-dealkylation sites (N-methyl/N-ethyl adjacent to an activating group) is 1. The minimum Gasteiger partial charge on any atom is -0.488 e. The van der Waals surface area contributed by atoms with Crippen LogP contribution in [0.1, 0.15) is 19.4 Å². The van der Waals surface area contributed by atoms with E-state index in [2.05, 4.69) is 4.72 Å². The number of nitrogens with one attached hydrogen (secondary N) is 1. The Kier molecular flexibility index (Phi) is 8.17.